The van der Waals surface area contributed by atoms with Gasteiger partial charge >= 0.3 is 0 Å². The van der Waals surface area contributed by atoms with Crippen LogP contribution in [0, 0.1) is 11.8 Å². The molecule has 2 aliphatic heterocycles. The molecule has 0 aromatic heterocycles. The van der Waals surface area contributed by atoms with E-state index in [1.165, 1.54) is 6.42 Å². The molecule has 4 rings (SSSR count). The summed E-state index contributed by atoms with van der Waals surface area (Å²) in [5.41, 5.74) is -0.106. The van der Waals surface area contributed by atoms with E-state index in [0.29, 0.717) is 11.8 Å². The summed E-state index contributed by atoms with van der Waals surface area (Å²) in [6, 6.07) is 0. The third-order valence-electron chi connectivity index (χ3n) is 4.88. The third-order valence-corrected chi connectivity index (χ3v) is 5.49. The Kier molecular flexibility index (Phi) is 3.23. The van der Waals surface area contributed by atoms with Crippen LogP contribution in [0.4, 0.5) is 0 Å². The Morgan fingerprint density at radius 1 is 1.21 bits per heavy atom. The molecule has 2 saturated heterocycles. The molecule has 2 unspecified atom stereocenters. The molecule has 110 valence electrons. The van der Waals surface area contributed by atoms with Gasteiger partial charge in [0.1, 0.15) is 0 Å². The molecule has 0 radical (unpaired) electrons. The van der Waals surface area contributed by atoms with Crippen LogP contribution in [0.2, 0.25) is 0 Å². The van der Waals surface area contributed by atoms with Crippen molar-refractivity contribution in [2.45, 2.75) is 69.7 Å². The number of unbranched alkanes of at least 4 members (excludes halogenated alkanes) is 1. The van der Waals surface area contributed by atoms with E-state index in [0.717, 1.165) is 51.2 Å². The van der Waals surface area contributed by atoms with Gasteiger partial charge in [0.05, 0.1) is 11.9 Å². The summed E-state index contributed by atoms with van der Waals surface area (Å²) < 4.78 is 34.7. The zero-order chi connectivity index (χ0) is 13.7. The average molecular weight is 288 g/mol. The normalized spacial score (nSPS) is 44.7. The van der Waals surface area contributed by atoms with Gasteiger partial charge in [-0.2, -0.15) is 8.42 Å². The quantitative estimate of drug-likeness (QED) is 0.730. The Hall–Kier alpha value is -0.130. The highest BCUT2D eigenvalue weighted by atomic mass is 32.2. The Labute approximate surface area is 116 Å². The van der Waals surface area contributed by atoms with Crippen molar-refractivity contribution < 1.29 is 17.3 Å². The Bertz CT molecular complexity index is 442. The Morgan fingerprint density at radius 2 is 1.84 bits per heavy atom. The third kappa shape index (κ3) is 2.69. The largest absolute Gasteiger partial charge is 0.342 e. The highest BCUT2D eigenvalue weighted by Crippen LogP contribution is 2.59. The average Bonchev–Trinajstić information content (AvgIpc) is 2.21. The van der Waals surface area contributed by atoms with Gasteiger partial charge in [-0.25, -0.2) is 4.18 Å². The maximum absolute atomic E-state index is 11.5. The fourth-order valence-corrected chi connectivity index (χ4v) is 5.45. The minimum atomic E-state index is -3.46. The SMILES string of the molecule is CCCCC12CC3CC(C1)CC(OS(C)(=O)=O)(C3)O2. The zero-order valence-corrected chi connectivity index (χ0v) is 12.7. The zero-order valence-electron chi connectivity index (χ0n) is 11.9. The molecule has 4 nitrogen and oxygen atoms in total. The van der Waals surface area contributed by atoms with Crippen LogP contribution < -0.4 is 0 Å². The standard InChI is InChI=1S/C14H24O4S/c1-3-4-5-13-7-11-6-12(8-13)10-14(9-11,17-13)18-19(2,15)16/h11-12H,3-10H2,1-2H3. The van der Waals surface area contributed by atoms with Gasteiger partial charge < -0.3 is 4.74 Å². The molecular formula is C14H24O4S. The summed E-state index contributed by atoms with van der Waals surface area (Å²) in [5.74, 6) is 0.325. The molecule has 4 fully saturated rings. The van der Waals surface area contributed by atoms with Gasteiger partial charge in [0, 0.05) is 12.8 Å². The van der Waals surface area contributed by atoms with Crippen LogP contribution in [0.25, 0.3) is 0 Å². The predicted molar refractivity (Wildman–Crippen MR) is 72.1 cm³/mol. The molecule has 0 spiro atoms. The van der Waals surface area contributed by atoms with Crippen LogP contribution in [-0.2, 0) is 19.0 Å². The van der Waals surface area contributed by atoms with Crippen molar-refractivity contribution in [2.75, 3.05) is 6.26 Å². The fourth-order valence-electron chi connectivity index (χ4n) is 4.72. The first-order valence-corrected chi connectivity index (χ1v) is 9.26. The fraction of sp³-hybridized carbons (Fsp3) is 1.00. The highest BCUT2D eigenvalue weighted by Gasteiger charge is 2.60. The topological polar surface area (TPSA) is 52.6 Å². The second-order valence-electron chi connectivity index (χ2n) is 6.87. The van der Waals surface area contributed by atoms with E-state index in [-0.39, 0.29) is 5.60 Å². The summed E-state index contributed by atoms with van der Waals surface area (Å²) >= 11 is 0. The van der Waals surface area contributed by atoms with Crippen molar-refractivity contribution in [1.82, 2.24) is 0 Å². The van der Waals surface area contributed by atoms with E-state index >= 15 is 0 Å². The van der Waals surface area contributed by atoms with Crippen LogP contribution in [0.1, 0.15) is 58.3 Å². The van der Waals surface area contributed by atoms with Crippen LogP contribution in [0.3, 0.4) is 0 Å². The first kappa shape index (κ1) is 13.8. The summed E-state index contributed by atoms with van der Waals surface area (Å²) in [5, 5.41) is 0. The van der Waals surface area contributed by atoms with E-state index in [4.69, 9.17) is 8.92 Å². The molecule has 0 amide bonds. The van der Waals surface area contributed by atoms with Gasteiger partial charge in [0.25, 0.3) is 10.1 Å². The summed E-state index contributed by atoms with van der Waals surface area (Å²) in [7, 11) is -3.46. The Morgan fingerprint density at radius 3 is 2.37 bits per heavy atom. The molecule has 2 atom stereocenters. The number of hydrogen-bond acceptors (Lipinski definition) is 4. The maximum Gasteiger partial charge on any atom is 0.267 e. The molecule has 2 aliphatic carbocycles. The smallest absolute Gasteiger partial charge is 0.267 e. The second-order valence-corrected chi connectivity index (χ2v) is 8.45. The maximum atomic E-state index is 11.5. The van der Waals surface area contributed by atoms with Gasteiger partial charge in [0.15, 0.2) is 5.79 Å². The number of ether oxygens (including phenoxy) is 1. The van der Waals surface area contributed by atoms with E-state index in [2.05, 4.69) is 6.92 Å². The molecule has 4 bridgehead atoms. The molecule has 0 aromatic rings. The van der Waals surface area contributed by atoms with Crippen molar-refractivity contribution in [3.05, 3.63) is 0 Å². The lowest BCUT2D eigenvalue weighted by Crippen LogP contribution is -2.62. The molecule has 19 heavy (non-hydrogen) atoms. The van der Waals surface area contributed by atoms with Crippen LogP contribution in [-0.4, -0.2) is 26.1 Å². The summed E-state index contributed by atoms with van der Waals surface area (Å²) in [6.07, 6.45) is 9.41. The van der Waals surface area contributed by atoms with Gasteiger partial charge in [-0.15, -0.1) is 0 Å². The van der Waals surface area contributed by atoms with E-state index in [1.54, 1.807) is 0 Å². The van der Waals surface area contributed by atoms with Gasteiger partial charge in [-0.1, -0.05) is 19.8 Å². The van der Waals surface area contributed by atoms with Crippen molar-refractivity contribution in [1.29, 1.82) is 0 Å². The minimum absolute atomic E-state index is 0.106. The summed E-state index contributed by atoms with van der Waals surface area (Å²) in [6.45, 7) is 2.18. The van der Waals surface area contributed by atoms with Gasteiger partial charge in [0.2, 0.25) is 0 Å². The van der Waals surface area contributed by atoms with Crippen LogP contribution >= 0.6 is 0 Å². The van der Waals surface area contributed by atoms with E-state index < -0.39 is 15.9 Å². The lowest BCUT2D eigenvalue weighted by Gasteiger charge is -2.60. The number of hydrogen-bond donors (Lipinski definition) is 0. The first-order valence-electron chi connectivity index (χ1n) is 7.44. The number of rotatable bonds is 5. The van der Waals surface area contributed by atoms with Crippen molar-refractivity contribution in [2.24, 2.45) is 11.8 Å². The van der Waals surface area contributed by atoms with Gasteiger partial charge in [-0.3, -0.25) is 0 Å². The predicted octanol–water partition coefficient (Wildman–Crippen LogP) is 2.83. The first-order chi connectivity index (χ1) is 8.84. The monoisotopic (exact) mass is 288 g/mol. The van der Waals surface area contributed by atoms with Crippen molar-refractivity contribution in [3.8, 4) is 0 Å². The minimum Gasteiger partial charge on any atom is -0.342 e. The summed E-state index contributed by atoms with van der Waals surface area (Å²) in [4.78, 5) is 0. The molecule has 5 heteroatoms. The lowest BCUT2D eigenvalue weighted by molar-refractivity contribution is -0.343. The molecule has 0 aromatic carbocycles. The van der Waals surface area contributed by atoms with E-state index in [1.807, 2.05) is 0 Å². The molecule has 2 heterocycles. The van der Waals surface area contributed by atoms with Crippen molar-refractivity contribution >= 4 is 10.1 Å². The second kappa shape index (κ2) is 4.43. The van der Waals surface area contributed by atoms with Crippen molar-refractivity contribution in [3.63, 3.8) is 0 Å². The van der Waals surface area contributed by atoms with E-state index in [9.17, 15) is 8.42 Å². The van der Waals surface area contributed by atoms with Gasteiger partial charge in [-0.05, 0) is 37.5 Å². The molecule has 0 N–H and O–H groups in total. The highest BCUT2D eigenvalue weighted by molar-refractivity contribution is 7.86. The Balaban J connectivity index is 1.84. The molecule has 2 saturated carbocycles. The lowest BCUT2D eigenvalue weighted by atomic mass is 9.60. The molecule has 4 aliphatic rings. The van der Waals surface area contributed by atoms with Crippen LogP contribution in [0.15, 0.2) is 0 Å². The van der Waals surface area contributed by atoms with Crippen LogP contribution in [0.5, 0.6) is 0 Å². The molecular weight excluding hydrogens is 264 g/mol.